The van der Waals surface area contributed by atoms with Crippen LogP contribution in [0.1, 0.15) is 18.1 Å². The Bertz CT molecular complexity index is 1090. The van der Waals surface area contributed by atoms with Crippen molar-refractivity contribution >= 4 is 21.7 Å². The summed E-state index contributed by atoms with van der Waals surface area (Å²) in [5.41, 5.74) is -4.99. The van der Waals surface area contributed by atoms with E-state index in [0.717, 1.165) is 43.3 Å². The standard InChI is InChI=1S/C18H14F4N2O5S/c1-17(26,10-30(27,28)29-14-6-3-12(19)4-7-14)16(25)24-13-5-2-11(9-23)15(8-13)18(20,21)22/h2-8,26H,10H2,1H3,(H,24,25)/t17-/m0/s1. The van der Waals surface area contributed by atoms with Crippen LogP contribution in [0.3, 0.4) is 0 Å². The van der Waals surface area contributed by atoms with E-state index in [9.17, 15) is 35.9 Å². The molecule has 2 rings (SSSR count). The fraction of sp³-hybridized carbons (Fsp3) is 0.222. The molecule has 0 aliphatic heterocycles. The Morgan fingerprint density at radius 3 is 2.33 bits per heavy atom. The quantitative estimate of drug-likeness (QED) is 0.521. The van der Waals surface area contributed by atoms with Gasteiger partial charge in [0.15, 0.2) is 5.60 Å². The summed E-state index contributed by atoms with van der Waals surface area (Å²) in [5.74, 6) is -3.49. The fourth-order valence-electron chi connectivity index (χ4n) is 2.30. The molecule has 0 spiro atoms. The van der Waals surface area contributed by atoms with E-state index in [1.807, 2.05) is 5.32 Å². The monoisotopic (exact) mass is 446 g/mol. The van der Waals surface area contributed by atoms with Gasteiger partial charge in [-0.3, -0.25) is 4.79 Å². The van der Waals surface area contributed by atoms with E-state index >= 15 is 0 Å². The highest BCUT2D eigenvalue weighted by molar-refractivity contribution is 7.87. The van der Waals surface area contributed by atoms with Crippen LogP contribution in [-0.4, -0.2) is 30.8 Å². The summed E-state index contributed by atoms with van der Waals surface area (Å²) in [7, 11) is -4.54. The Morgan fingerprint density at radius 2 is 1.80 bits per heavy atom. The van der Waals surface area contributed by atoms with Crippen LogP contribution in [0.5, 0.6) is 5.75 Å². The third-order valence-corrected chi connectivity index (χ3v) is 5.05. The Balaban J connectivity index is 2.17. The molecular weight excluding hydrogens is 432 g/mol. The number of halogens is 4. The van der Waals surface area contributed by atoms with Crippen molar-refractivity contribution in [1.82, 2.24) is 0 Å². The number of carbonyl (C=O) groups is 1. The van der Waals surface area contributed by atoms with E-state index < -0.39 is 56.2 Å². The smallest absolute Gasteiger partial charge is 0.382 e. The van der Waals surface area contributed by atoms with Crippen LogP contribution in [0.4, 0.5) is 23.2 Å². The van der Waals surface area contributed by atoms with Gasteiger partial charge in [-0.25, -0.2) is 4.39 Å². The molecule has 0 bridgehead atoms. The summed E-state index contributed by atoms with van der Waals surface area (Å²) < 4.78 is 80.7. The molecule has 0 radical (unpaired) electrons. The molecule has 0 aromatic heterocycles. The Morgan fingerprint density at radius 1 is 1.20 bits per heavy atom. The highest BCUT2D eigenvalue weighted by atomic mass is 32.2. The molecule has 160 valence electrons. The highest BCUT2D eigenvalue weighted by Gasteiger charge is 2.38. The number of amides is 1. The van der Waals surface area contributed by atoms with Gasteiger partial charge in [0.25, 0.3) is 5.91 Å². The lowest BCUT2D eigenvalue weighted by Gasteiger charge is -2.22. The van der Waals surface area contributed by atoms with Crippen molar-refractivity contribution in [2.24, 2.45) is 0 Å². The van der Waals surface area contributed by atoms with E-state index in [2.05, 4.69) is 4.18 Å². The number of nitrogens with one attached hydrogen (secondary N) is 1. The molecule has 30 heavy (non-hydrogen) atoms. The molecule has 0 aliphatic carbocycles. The molecule has 7 nitrogen and oxygen atoms in total. The molecule has 0 fully saturated rings. The van der Waals surface area contributed by atoms with Crippen LogP contribution in [0.15, 0.2) is 42.5 Å². The average molecular weight is 446 g/mol. The molecule has 0 aliphatic rings. The first-order valence-corrected chi connectivity index (χ1v) is 9.64. The number of benzene rings is 2. The van der Waals surface area contributed by atoms with Crippen molar-refractivity contribution in [3.8, 4) is 11.8 Å². The molecule has 1 atom stereocenters. The van der Waals surface area contributed by atoms with E-state index in [1.165, 1.54) is 6.07 Å². The van der Waals surface area contributed by atoms with Crippen molar-refractivity contribution in [1.29, 1.82) is 5.26 Å². The Labute approximate surface area is 168 Å². The molecule has 2 aromatic rings. The van der Waals surface area contributed by atoms with Gasteiger partial charge in [-0.1, -0.05) is 0 Å². The highest BCUT2D eigenvalue weighted by Crippen LogP contribution is 2.33. The minimum absolute atomic E-state index is 0.269. The summed E-state index contributed by atoms with van der Waals surface area (Å²) in [5, 5.41) is 21.0. The van der Waals surface area contributed by atoms with Gasteiger partial charge in [0, 0.05) is 5.69 Å². The number of carbonyl (C=O) groups excluding carboxylic acids is 1. The molecule has 2 N–H and O–H groups in total. The second-order valence-corrected chi connectivity index (χ2v) is 7.91. The number of hydrogen-bond donors (Lipinski definition) is 2. The summed E-state index contributed by atoms with van der Waals surface area (Å²) in [6.07, 6.45) is -4.87. The largest absolute Gasteiger partial charge is 0.417 e. The third kappa shape index (κ3) is 5.91. The second kappa shape index (κ2) is 8.29. The number of nitriles is 1. The lowest BCUT2D eigenvalue weighted by atomic mass is 10.1. The maximum atomic E-state index is 13.0. The zero-order valence-electron chi connectivity index (χ0n) is 15.2. The molecular formula is C18H14F4N2O5S. The van der Waals surface area contributed by atoms with Crippen LogP contribution in [0.2, 0.25) is 0 Å². The van der Waals surface area contributed by atoms with Gasteiger partial charge in [-0.15, -0.1) is 0 Å². The molecule has 2 aromatic carbocycles. The van der Waals surface area contributed by atoms with Crippen molar-refractivity contribution in [2.45, 2.75) is 18.7 Å². The topological polar surface area (TPSA) is 116 Å². The summed E-state index contributed by atoms with van der Waals surface area (Å²) in [6, 6.07) is 7.54. The van der Waals surface area contributed by atoms with Gasteiger partial charge in [-0.05, 0) is 49.4 Å². The van der Waals surface area contributed by atoms with Crippen LogP contribution < -0.4 is 9.50 Å². The fourth-order valence-corrected chi connectivity index (χ4v) is 3.58. The first kappa shape index (κ1) is 23.1. The SMILES string of the molecule is C[C@](O)(CS(=O)(=O)Oc1ccc(F)cc1)C(=O)Nc1ccc(C#N)c(C(F)(F)F)c1. The number of nitrogens with zero attached hydrogens (tertiary/aromatic N) is 1. The van der Waals surface area contributed by atoms with Crippen LogP contribution in [0, 0.1) is 17.1 Å². The first-order chi connectivity index (χ1) is 13.7. The van der Waals surface area contributed by atoms with E-state index in [0.29, 0.717) is 6.07 Å². The molecule has 12 heteroatoms. The lowest BCUT2D eigenvalue weighted by molar-refractivity contribution is -0.137. The van der Waals surface area contributed by atoms with Crippen molar-refractivity contribution in [2.75, 3.05) is 11.1 Å². The van der Waals surface area contributed by atoms with Crippen LogP contribution >= 0.6 is 0 Å². The number of alkyl halides is 3. The maximum Gasteiger partial charge on any atom is 0.417 e. The third-order valence-electron chi connectivity index (χ3n) is 3.69. The predicted octanol–water partition coefficient (Wildman–Crippen LogP) is 2.81. The second-order valence-electron chi connectivity index (χ2n) is 6.34. The van der Waals surface area contributed by atoms with Gasteiger partial charge < -0.3 is 14.6 Å². The van der Waals surface area contributed by atoms with Crippen molar-refractivity contribution in [3.63, 3.8) is 0 Å². The lowest BCUT2D eigenvalue weighted by Crippen LogP contribution is -2.46. The Kier molecular flexibility index (Phi) is 6.39. The molecule has 0 saturated carbocycles. The van der Waals surface area contributed by atoms with Gasteiger partial charge in [0.05, 0.1) is 17.2 Å². The van der Waals surface area contributed by atoms with Gasteiger partial charge in [0.1, 0.15) is 17.3 Å². The van der Waals surface area contributed by atoms with E-state index in [1.54, 1.807) is 0 Å². The first-order valence-electron chi connectivity index (χ1n) is 8.06. The van der Waals surface area contributed by atoms with Gasteiger partial charge >= 0.3 is 16.3 Å². The molecule has 0 saturated heterocycles. The zero-order chi connectivity index (χ0) is 22.7. The minimum atomic E-state index is -4.87. The number of anilines is 1. The van der Waals surface area contributed by atoms with Crippen LogP contribution in [0.25, 0.3) is 0 Å². The maximum absolute atomic E-state index is 13.0. The van der Waals surface area contributed by atoms with Gasteiger partial charge in [-0.2, -0.15) is 26.9 Å². The average Bonchev–Trinajstić information content (AvgIpc) is 2.61. The number of rotatable bonds is 6. The van der Waals surface area contributed by atoms with E-state index in [4.69, 9.17) is 5.26 Å². The van der Waals surface area contributed by atoms with Crippen LogP contribution in [-0.2, 0) is 21.1 Å². The summed E-state index contributed by atoms with van der Waals surface area (Å²) >= 11 is 0. The zero-order valence-corrected chi connectivity index (χ0v) is 16.0. The predicted molar refractivity (Wildman–Crippen MR) is 96.2 cm³/mol. The van der Waals surface area contributed by atoms with E-state index in [-0.39, 0.29) is 5.75 Å². The van der Waals surface area contributed by atoms with Crippen molar-refractivity contribution in [3.05, 3.63) is 59.4 Å². The molecule has 0 heterocycles. The summed E-state index contributed by atoms with van der Waals surface area (Å²) in [4.78, 5) is 12.2. The number of hydrogen-bond acceptors (Lipinski definition) is 6. The molecule has 0 unspecified atom stereocenters. The molecule has 1 amide bonds. The van der Waals surface area contributed by atoms with Gasteiger partial charge in [0.2, 0.25) is 0 Å². The Hall–Kier alpha value is -3.17. The summed E-state index contributed by atoms with van der Waals surface area (Å²) in [6.45, 7) is 0.822. The van der Waals surface area contributed by atoms with Crippen molar-refractivity contribution < 1.29 is 40.1 Å². The minimum Gasteiger partial charge on any atom is -0.382 e. The number of aliphatic hydroxyl groups is 1. The normalized spacial score (nSPS) is 13.8.